The van der Waals surface area contributed by atoms with E-state index in [2.05, 4.69) is 0 Å². The highest BCUT2D eigenvalue weighted by atomic mass is 31.2. The number of phosphoric acid groups is 1. The molecule has 9 unspecified atom stereocenters. The smallest absolute Gasteiger partial charge is 0.353 e. The Morgan fingerprint density at radius 3 is 0.816 bits per heavy atom. The summed E-state index contributed by atoms with van der Waals surface area (Å²) in [6.07, 6.45) is -6.97. The Morgan fingerprint density at radius 1 is 0.395 bits per heavy atom. The van der Waals surface area contributed by atoms with E-state index in [0.717, 1.165) is 0 Å². The number of hydrogen-bond acceptors (Lipinski definition) is 13. The van der Waals surface area contributed by atoms with Gasteiger partial charge in [-0.05, 0) is 83.1 Å². The summed E-state index contributed by atoms with van der Waals surface area (Å²) in [5.74, 6) is 0. The van der Waals surface area contributed by atoms with E-state index in [9.17, 15) is 4.57 Å². The molecule has 0 rings (SSSR count). The normalized spacial score (nSPS) is 21.1. The van der Waals surface area contributed by atoms with Crippen molar-refractivity contribution in [3.05, 3.63) is 0 Å². The molecular formula is C24H51O13P. The predicted molar refractivity (Wildman–Crippen MR) is 137 cm³/mol. The van der Waals surface area contributed by atoms with Gasteiger partial charge >= 0.3 is 7.82 Å². The highest BCUT2D eigenvalue weighted by Gasteiger charge is 2.37. The highest BCUT2D eigenvalue weighted by Crippen LogP contribution is 2.53. The van der Waals surface area contributed by atoms with Crippen LogP contribution >= 0.6 is 7.82 Å². The van der Waals surface area contributed by atoms with Gasteiger partial charge in [0.15, 0.2) is 56.6 Å². The van der Waals surface area contributed by atoms with Gasteiger partial charge in [0.1, 0.15) is 0 Å². The van der Waals surface area contributed by atoms with Crippen molar-refractivity contribution in [3.8, 4) is 0 Å². The Labute approximate surface area is 228 Å². The van der Waals surface area contributed by atoms with E-state index in [4.69, 9.17) is 56.2 Å². The van der Waals surface area contributed by atoms with E-state index in [-0.39, 0.29) is 0 Å². The van der Waals surface area contributed by atoms with E-state index in [1.165, 1.54) is 20.8 Å². The molecule has 13 nitrogen and oxygen atoms in total. The average Bonchev–Trinajstić information content (AvgIpc) is 2.72. The van der Waals surface area contributed by atoms with Gasteiger partial charge in [-0.1, -0.05) is 0 Å². The molecule has 0 aromatic rings. The minimum Gasteiger partial charge on any atom is -0.353 e. The van der Waals surface area contributed by atoms with Gasteiger partial charge in [-0.3, -0.25) is 13.6 Å². The molecule has 0 saturated carbocycles. The van der Waals surface area contributed by atoms with Crippen LogP contribution in [0.15, 0.2) is 0 Å². The van der Waals surface area contributed by atoms with Crippen LogP contribution < -0.4 is 0 Å². The van der Waals surface area contributed by atoms with Crippen LogP contribution in [0.2, 0.25) is 0 Å². The minimum absolute atomic E-state index is 0.476. The van der Waals surface area contributed by atoms with Crippen molar-refractivity contribution >= 4 is 7.82 Å². The molecule has 9 atom stereocenters. The molecule has 38 heavy (non-hydrogen) atoms. The molecule has 230 valence electrons. The van der Waals surface area contributed by atoms with E-state index in [0.29, 0.717) is 19.8 Å². The third kappa shape index (κ3) is 18.9. The Hall–Kier alpha value is -0.250. The maximum atomic E-state index is 13.7. The molecule has 14 heteroatoms. The Kier molecular flexibility index (Phi) is 20.5. The van der Waals surface area contributed by atoms with Crippen molar-refractivity contribution in [3.63, 3.8) is 0 Å². The molecule has 0 aliphatic heterocycles. The standard InChI is InChI=1S/C24H51O13P/c1-13-26-16(4)29-19(7)32-22(10)35-38(25,36-23(11)33-20(8)30-17(5)27-14-2)37-24(12)34-21(9)31-18(6)28-15-3/h16-24H,13-15H2,1-12H3. The average molecular weight is 579 g/mol. The van der Waals surface area contributed by atoms with Crippen LogP contribution in [0.25, 0.3) is 0 Å². The second-order valence-electron chi connectivity index (χ2n) is 8.05. The molecule has 0 aromatic heterocycles. The van der Waals surface area contributed by atoms with Crippen molar-refractivity contribution in [2.45, 2.75) is 140 Å². The summed E-state index contributed by atoms with van der Waals surface area (Å²) in [7, 11) is -4.33. The largest absolute Gasteiger partial charge is 0.481 e. The fraction of sp³-hybridized carbons (Fsp3) is 1.00. The summed E-state index contributed by atoms with van der Waals surface area (Å²) < 4.78 is 79.9. The quantitative estimate of drug-likeness (QED) is 0.106. The molecule has 0 saturated heterocycles. The van der Waals surface area contributed by atoms with Crippen molar-refractivity contribution in [1.29, 1.82) is 0 Å². The van der Waals surface area contributed by atoms with Crippen molar-refractivity contribution in [1.82, 2.24) is 0 Å². The maximum Gasteiger partial charge on any atom is 0.481 e. The second-order valence-corrected chi connectivity index (χ2v) is 9.58. The highest BCUT2D eigenvalue weighted by molar-refractivity contribution is 7.48. The van der Waals surface area contributed by atoms with Crippen LogP contribution in [0, 0.1) is 0 Å². The molecule has 0 heterocycles. The number of phosphoric ester groups is 1. The third-order valence-corrected chi connectivity index (χ3v) is 6.00. The van der Waals surface area contributed by atoms with Crippen LogP contribution in [-0.2, 0) is 60.8 Å². The lowest BCUT2D eigenvalue weighted by Crippen LogP contribution is -2.30. The Balaban J connectivity index is 5.28. The van der Waals surface area contributed by atoms with E-state index < -0.39 is 64.4 Å². The minimum atomic E-state index is -4.33. The van der Waals surface area contributed by atoms with Crippen LogP contribution in [0.5, 0.6) is 0 Å². The van der Waals surface area contributed by atoms with E-state index in [1.807, 2.05) is 20.8 Å². The summed E-state index contributed by atoms with van der Waals surface area (Å²) in [4.78, 5) is 0. The van der Waals surface area contributed by atoms with Crippen LogP contribution in [0.4, 0.5) is 0 Å². The number of ether oxygens (including phenoxy) is 9. The Bertz CT molecular complexity index is 547. The zero-order valence-corrected chi connectivity index (χ0v) is 26.0. The Morgan fingerprint density at radius 2 is 0.605 bits per heavy atom. The first-order valence-corrected chi connectivity index (χ1v) is 14.6. The zero-order chi connectivity index (χ0) is 29.3. The lowest BCUT2D eigenvalue weighted by molar-refractivity contribution is -0.283. The predicted octanol–water partition coefficient (Wildman–Crippen LogP) is 5.47. The molecule has 0 aromatic carbocycles. The van der Waals surface area contributed by atoms with E-state index >= 15 is 0 Å². The number of rotatable bonds is 24. The van der Waals surface area contributed by atoms with Crippen LogP contribution in [0.3, 0.4) is 0 Å². The van der Waals surface area contributed by atoms with Crippen LogP contribution in [-0.4, -0.2) is 76.4 Å². The molecular weight excluding hydrogens is 527 g/mol. The van der Waals surface area contributed by atoms with Gasteiger partial charge in [-0.25, -0.2) is 4.57 Å². The van der Waals surface area contributed by atoms with Crippen LogP contribution in [0.1, 0.15) is 83.1 Å². The second kappa shape index (κ2) is 20.6. The molecule has 0 spiro atoms. The SMILES string of the molecule is CCOC(C)OC(C)OC(C)OP(=O)(OC(C)OC(C)OC(C)OCC)OC(C)OC(C)OC(C)OCC. The first-order chi connectivity index (χ1) is 17.7. The van der Waals surface area contributed by atoms with Gasteiger partial charge < -0.3 is 42.6 Å². The zero-order valence-electron chi connectivity index (χ0n) is 25.1. The molecule has 0 fully saturated rings. The van der Waals surface area contributed by atoms with Crippen molar-refractivity contribution in [2.24, 2.45) is 0 Å². The summed E-state index contributed by atoms with van der Waals surface area (Å²) >= 11 is 0. The van der Waals surface area contributed by atoms with Crippen molar-refractivity contribution in [2.75, 3.05) is 19.8 Å². The van der Waals surface area contributed by atoms with E-state index in [1.54, 1.807) is 41.5 Å². The van der Waals surface area contributed by atoms with Gasteiger partial charge in [0.2, 0.25) is 0 Å². The maximum absolute atomic E-state index is 13.7. The van der Waals surface area contributed by atoms with Gasteiger partial charge in [-0.15, -0.1) is 0 Å². The van der Waals surface area contributed by atoms with Gasteiger partial charge in [-0.2, -0.15) is 0 Å². The fourth-order valence-corrected chi connectivity index (χ4v) is 4.62. The fourth-order valence-electron chi connectivity index (χ4n) is 3.23. The molecule has 0 N–H and O–H groups in total. The van der Waals surface area contributed by atoms with Gasteiger partial charge in [0.05, 0.1) is 0 Å². The monoisotopic (exact) mass is 578 g/mol. The first-order valence-electron chi connectivity index (χ1n) is 13.2. The first kappa shape index (κ1) is 37.8. The number of hydrogen-bond donors (Lipinski definition) is 0. The molecule has 0 radical (unpaired) electrons. The molecule has 0 amide bonds. The molecule has 0 aliphatic rings. The summed E-state index contributed by atoms with van der Waals surface area (Å²) in [5.41, 5.74) is 0. The summed E-state index contributed by atoms with van der Waals surface area (Å²) in [6, 6.07) is 0. The molecule has 0 aliphatic carbocycles. The third-order valence-electron chi connectivity index (χ3n) is 4.34. The van der Waals surface area contributed by atoms with Crippen molar-refractivity contribution < 1.29 is 60.8 Å². The topological polar surface area (TPSA) is 128 Å². The lowest BCUT2D eigenvalue weighted by Gasteiger charge is -2.30. The summed E-state index contributed by atoms with van der Waals surface area (Å²) in [6.45, 7) is 21.7. The molecule has 0 bridgehead atoms. The van der Waals surface area contributed by atoms with Gasteiger partial charge in [0.25, 0.3) is 0 Å². The van der Waals surface area contributed by atoms with Gasteiger partial charge in [0, 0.05) is 19.8 Å². The lowest BCUT2D eigenvalue weighted by atomic mass is 10.6. The summed E-state index contributed by atoms with van der Waals surface area (Å²) in [5, 5.41) is 0.